The molecule has 2 unspecified atom stereocenters. The Morgan fingerprint density at radius 3 is 2.64 bits per heavy atom. The molecule has 0 radical (unpaired) electrons. The van der Waals surface area contributed by atoms with Crippen LogP contribution in [0.5, 0.6) is 11.5 Å². The van der Waals surface area contributed by atoms with Crippen LogP contribution in [0.3, 0.4) is 0 Å². The summed E-state index contributed by atoms with van der Waals surface area (Å²) in [6.07, 6.45) is 2.20. The molecule has 1 aromatic carbocycles. The number of ether oxygens (including phenoxy) is 2. The number of hydrogen-bond acceptors (Lipinski definition) is 5. The van der Waals surface area contributed by atoms with Crippen LogP contribution in [0, 0.1) is 5.92 Å². The summed E-state index contributed by atoms with van der Waals surface area (Å²) < 4.78 is 37.6. The van der Waals surface area contributed by atoms with E-state index in [9.17, 15) is 13.6 Å². The normalized spacial score (nSPS) is 22.1. The van der Waals surface area contributed by atoms with Gasteiger partial charge in [0.2, 0.25) is 5.91 Å². The number of carbonyl (C=O) groups excluding carboxylic acids is 1. The highest BCUT2D eigenvalue weighted by Gasteiger charge is 2.57. The molecular weight excluding hydrogens is 452 g/mol. The highest BCUT2D eigenvalue weighted by molar-refractivity contribution is 6.33. The van der Waals surface area contributed by atoms with Crippen LogP contribution in [0.2, 0.25) is 5.02 Å². The highest BCUT2D eigenvalue weighted by Crippen LogP contribution is 2.48. The lowest BCUT2D eigenvalue weighted by Gasteiger charge is -2.24. The smallest absolute Gasteiger partial charge is 0.255 e. The van der Waals surface area contributed by atoms with Crippen LogP contribution in [0.1, 0.15) is 38.3 Å². The largest absolute Gasteiger partial charge is 0.491 e. The predicted molar refractivity (Wildman–Crippen MR) is 122 cm³/mol. The maximum absolute atomic E-state index is 13.0. The summed E-state index contributed by atoms with van der Waals surface area (Å²) in [4.78, 5) is 19.7. The summed E-state index contributed by atoms with van der Waals surface area (Å²) in [5.41, 5.74) is 1.04. The Balaban J connectivity index is 1.30. The zero-order valence-corrected chi connectivity index (χ0v) is 19.7. The Hall–Kier alpha value is -2.61. The summed E-state index contributed by atoms with van der Waals surface area (Å²) in [6.45, 7) is 4.88. The van der Waals surface area contributed by atoms with Crippen molar-refractivity contribution in [1.29, 1.82) is 0 Å². The predicted octanol–water partition coefficient (Wildman–Crippen LogP) is 4.97. The Morgan fingerprint density at radius 1 is 1.33 bits per heavy atom. The summed E-state index contributed by atoms with van der Waals surface area (Å²) >= 11 is 6.40. The number of halogens is 3. The van der Waals surface area contributed by atoms with Crippen molar-refractivity contribution in [1.82, 2.24) is 9.88 Å². The van der Waals surface area contributed by atoms with Crippen molar-refractivity contribution in [2.45, 2.75) is 44.8 Å². The molecule has 9 heteroatoms. The molecule has 4 rings (SSSR count). The van der Waals surface area contributed by atoms with Gasteiger partial charge < -0.3 is 19.3 Å². The van der Waals surface area contributed by atoms with Crippen LogP contribution in [-0.2, 0) is 4.79 Å². The first kappa shape index (κ1) is 23.5. The van der Waals surface area contributed by atoms with Gasteiger partial charge in [0.1, 0.15) is 23.4 Å². The standard InChI is InChI=1S/C24H28ClF2N3O3/c1-15(29(3)16(2)31)17-4-6-19(7-5-17)33-20-8-9-30(13-20)23-22(25)10-21(12-28-23)32-14-18-11-24(18,26)27/h4-7,10,12,15,18,20H,8-9,11,13-14H2,1-3H3/t15-,18?,20?/m0/s1. The number of carbonyl (C=O) groups is 1. The van der Waals surface area contributed by atoms with E-state index in [0.717, 1.165) is 24.3 Å². The molecule has 33 heavy (non-hydrogen) atoms. The molecule has 6 nitrogen and oxygen atoms in total. The van der Waals surface area contributed by atoms with Gasteiger partial charge in [-0.05, 0) is 24.6 Å². The van der Waals surface area contributed by atoms with Gasteiger partial charge >= 0.3 is 0 Å². The lowest BCUT2D eigenvalue weighted by Crippen LogP contribution is -2.27. The fourth-order valence-electron chi connectivity index (χ4n) is 3.90. The average Bonchev–Trinajstić information content (AvgIpc) is 3.15. The summed E-state index contributed by atoms with van der Waals surface area (Å²) in [6, 6.07) is 9.39. The van der Waals surface area contributed by atoms with E-state index in [4.69, 9.17) is 21.1 Å². The van der Waals surface area contributed by atoms with Crippen molar-refractivity contribution in [3.05, 3.63) is 47.1 Å². The van der Waals surface area contributed by atoms with Gasteiger partial charge in [0.05, 0.1) is 36.3 Å². The van der Waals surface area contributed by atoms with Crippen LogP contribution in [0.15, 0.2) is 36.5 Å². The third-order valence-corrected chi connectivity index (χ3v) is 6.67. The number of pyridine rings is 1. The lowest BCUT2D eigenvalue weighted by atomic mass is 10.1. The molecule has 3 atom stereocenters. The van der Waals surface area contributed by atoms with Gasteiger partial charge in [-0.3, -0.25) is 4.79 Å². The van der Waals surface area contributed by atoms with E-state index >= 15 is 0 Å². The maximum Gasteiger partial charge on any atom is 0.255 e. The number of benzene rings is 1. The van der Waals surface area contributed by atoms with E-state index in [2.05, 4.69) is 4.98 Å². The molecule has 0 spiro atoms. The number of amides is 1. The first-order chi connectivity index (χ1) is 15.6. The molecule has 0 bridgehead atoms. The molecule has 1 aliphatic carbocycles. The number of hydrogen-bond donors (Lipinski definition) is 0. The van der Waals surface area contributed by atoms with Gasteiger partial charge in [-0.25, -0.2) is 13.8 Å². The zero-order chi connectivity index (χ0) is 23.8. The Bertz CT molecular complexity index is 1000. The molecule has 2 fully saturated rings. The second-order valence-electron chi connectivity index (χ2n) is 8.80. The molecule has 2 aromatic rings. The van der Waals surface area contributed by atoms with E-state index in [1.54, 1.807) is 24.9 Å². The number of nitrogens with zero attached hydrogens (tertiary/aromatic N) is 3. The quantitative estimate of drug-likeness (QED) is 0.535. The van der Waals surface area contributed by atoms with Crippen LogP contribution >= 0.6 is 11.6 Å². The fraction of sp³-hybridized carbons (Fsp3) is 0.500. The molecule has 1 saturated carbocycles. The van der Waals surface area contributed by atoms with E-state index in [1.165, 1.54) is 6.20 Å². The third kappa shape index (κ3) is 5.49. The van der Waals surface area contributed by atoms with E-state index in [1.807, 2.05) is 36.1 Å². The Kier molecular flexibility index (Phi) is 6.66. The molecule has 2 aliphatic rings. The van der Waals surface area contributed by atoms with Gasteiger partial charge in [0.25, 0.3) is 5.92 Å². The van der Waals surface area contributed by atoms with Crippen LogP contribution < -0.4 is 14.4 Å². The number of aromatic nitrogens is 1. The highest BCUT2D eigenvalue weighted by atomic mass is 35.5. The minimum absolute atomic E-state index is 0.0144. The molecular formula is C24H28ClF2N3O3. The average molecular weight is 480 g/mol. The van der Waals surface area contributed by atoms with Gasteiger partial charge in [-0.1, -0.05) is 23.7 Å². The number of alkyl halides is 2. The molecule has 2 heterocycles. The van der Waals surface area contributed by atoms with Gasteiger partial charge in [-0.15, -0.1) is 0 Å². The van der Waals surface area contributed by atoms with Crippen LogP contribution in [-0.4, -0.2) is 54.6 Å². The second kappa shape index (κ2) is 9.33. The summed E-state index contributed by atoms with van der Waals surface area (Å²) in [5, 5.41) is 0.420. The Morgan fingerprint density at radius 2 is 2.03 bits per heavy atom. The van der Waals surface area contributed by atoms with Crippen LogP contribution in [0.25, 0.3) is 0 Å². The van der Waals surface area contributed by atoms with E-state index in [0.29, 0.717) is 23.1 Å². The van der Waals surface area contributed by atoms with E-state index < -0.39 is 11.8 Å². The first-order valence-electron chi connectivity index (χ1n) is 11.0. The second-order valence-corrected chi connectivity index (χ2v) is 9.21. The molecule has 178 valence electrons. The topological polar surface area (TPSA) is 54.9 Å². The summed E-state index contributed by atoms with van der Waals surface area (Å²) in [7, 11) is 1.79. The first-order valence-corrected chi connectivity index (χ1v) is 11.4. The van der Waals surface area contributed by atoms with Crippen molar-refractivity contribution in [3.63, 3.8) is 0 Å². The van der Waals surface area contributed by atoms with Crippen molar-refractivity contribution in [2.24, 2.45) is 5.92 Å². The molecule has 1 amide bonds. The van der Waals surface area contributed by atoms with Crippen molar-refractivity contribution in [2.75, 3.05) is 31.6 Å². The maximum atomic E-state index is 13.0. The lowest BCUT2D eigenvalue weighted by molar-refractivity contribution is -0.129. The molecule has 1 saturated heterocycles. The molecule has 1 aliphatic heterocycles. The Labute approximate surface area is 197 Å². The SMILES string of the molecule is CC(=O)N(C)[C@@H](C)c1ccc(OC2CCN(c3ncc(OCC4CC4(F)F)cc3Cl)C2)cc1. The van der Waals surface area contributed by atoms with E-state index in [-0.39, 0.29) is 31.1 Å². The zero-order valence-electron chi connectivity index (χ0n) is 18.9. The van der Waals surface area contributed by atoms with Gasteiger partial charge in [0.15, 0.2) is 0 Å². The minimum atomic E-state index is -2.61. The fourth-order valence-corrected chi connectivity index (χ4v) is 4.18. The van der Waals surface area contributed by atoms with Gasteiger partial charge in [-0.2, -0.15) is 0 Å². The minimum Gasteiger partial charge on any atom is -0.491 e. The number of rotatable bonds is 8. The monoisotopic (exact) mass is 479 g/mol. The van der Waals surface area contributed by atoms with Crippen molar-refractivity contribution in [3.8, 4) is 11.5 Å². The third-order valence-electron chi connectivity index (χ3n) is 6.39. The van der Waals surface area contributed by atoms with Gasteiger partial charge in [0, 0.05) is 39.4 Å². The number of anilines is 1. The van der Waals surface area contributed by atoms with Crippen molar-refractivity contribution < 1.29 is 23.0 Å². The molecule has 0 N–H and O–H groups in total. The van der Waals surface area contributed by atoms with Crippen LogP contribution in [0.4, 0.5) is 14.6 Å². The van der Waals surface area contributed by atoms with Crippen molar-refractivity contribution >= 4 is 23.3 Å². The molecule has 1 aromatic heterocycles. The summed E-state index contributed by atoms with van der Waals surface area (Å²) in [5.74, 6) is -1.52.